The number of hydrogen-bond donors (Lipinski definition) is 1. The van der Waals surface area contributed by atoms with Crippen molar-refractivity contribution in [2.75, 3.05) is 32.8 Å². The molecule has 1 aliphatic heterocycles. The second kappa shape index (κ2) is 7.12. The Balaban J connectivity index is 1.65. The molecule has 0 spiro atoms. The van der Waals surface area contributed by atoms with Gasteiger partial charge in [-0.15, -0.1) is 0 Å². The highest BCUT2D eigenvalue weighted by molar-refractivity contribution is 9.10. The molecule has 100 valence electrons. The van der Waals surface area contributed by atoms with Crippen LogP contribution < -0.4 is 10.1 Å². The topological polar surface area (TPSA) is 24.5 Å². The van der Waals surface area contributed by atoms with Gasteiger partial charge in [-0.2, -0.15) is 0 Å². The van der Waals surface area contributed by atoms with Crippen molar-refractivity contribution in [3.8, 4) is 5.75 Å². The van der Waals surface area contributed by atoms with Crippen molar-refractivity contribution >= 4 is 15.9 Å². The van der Waals surface area contributed by atoms with Gasteiger partial charge < -0.3 is 15.0 Å². The largest absolute Gasteiger partial charge is 0.492 e. The number of benzene rings is 1. The Morgan fingerprint density at radius 2 is 2.28 bits per heavy atom. The predicted octanol–water partition coefficient (Wildman–Crippen LogP) is 2.51. The lowest BCUT2D eigenvalue weighted by atomic mass is 10.2. The number of halogens is 1. The first-order valence-corrected chi connectivity index (χ1v) is 7.38. The Morgan fingerprint density at radius 3 is 3.06 bits per heavy atom. The maximum Gasteiger partial charge on any atom is 0.133 e. The molecule has 1 heterocycles. The third kappa shape index (κ3) is 4.26. The van der Waals surface area contributed by atoms with Crippen LogP contribution in [0.4, 0.5) is 0 Å². The van der Waals surface area contributed by atoms with E-state index < -0.39 is 0 Å². The fourth-order valence-electron chi connectivity index (χ4n) is 2.25. The lowest BCUT2D eigenvalue weighted by molar-refractivity contribution is 0.189. The van der Waals surface area contributed by atoms with Crippen molar-refractivity contribution in [3.05, 3.63) is 28.7 Å². The molecule has 1 N–H and O–H groups in total. The van der Waals surface area contributed by atoms with Crippen LogP contribution in [0.25, 0.3) is 0 Å². The summed E-state index contributed by atoms with van der Waals surface area (Å²) in [7, 11) is 0. The van der Waals surface area contributed by atoms with Crippen molar-refractivity contribution in [2.24, 2.45) is 0 Å². The van der Waals surface area contributed by atoms with Crippen LogP contribution in [0, 0.1) is 0 Å². The van der Waals surface area contributed by atoms with Crippen molar-refractivity contribution in [1.29, 1.82) is 0 Å². The summed E-state index contributed by atoms with van der Waals surface area (Å²) in [4.78, 5) is 2.50. The molecule has 0 amide bonds. The van der Waals surface area contributed by atoms with E-state index in [0.29, 0.717) is 6.04 Å². The summed E-state index contributed by atoms with van der Waals surface area (Å²) < 4.78 is 6.79. The zero-order valence-electron chi connectivity index (χ0n) is 10.9. The third-order valence-corrected chi connectivity index (χ3v) is 3.82. The second-order valence-corrected chi connectivity index (χ2v) is 5.64. The quantitative estimate of drug-likeness (QED) is 0.846. The van der Waals surface area contributed by atoms with Crippen LogP contribution >= 0.6 is 15.9 Å². The molecule has 0 radical (unpaired) electrons. The summed E-state index contributed by atoms with van der Waals surface area (Å²) in [5.74, 6) is 0.936. The minimum absolute atomic E-state index is 0.614. The lowest BCUT2D eigenvalue weighted by Crippen LogP contribution is -2.49. The predicted molar refractivity (Wildman–Crippen MR) is 78.2 cm³/mol. The van der Waals surface area contributed by atoms with Gasteiger partial charge in [-0.1, -0.05) is 12.1 Å². The molecule has 1 aromatic rings. The lowest BCUT2D eigenvalue weighted by Gasteiger charge is -2.31. The molecule has 0 saturated carbocycles. The van der Waals surface area contributed by atoms with E-state index in [9.17, 15) is 0 Å². The van der Waals surface area contributed by atoms with Gasteiger partial charge in [0.2, 0.25) is 0 Å². The Hall–Kier alpha value is -0.580. The van der Waals surface area contributed by atoms with Crippen molar-refractivity contribution in [1.82, 2.24) is 10.2 Å². The number of para-hydroxylation sites is 1. The average Bonchev–Trinajstić information content (AvgIpc) is 2.37. The molecule has 4 heteroatoms. The van der Waals surface area contributed by atoms with Crippen molar-refractivity contribution in [2.45, 2.75) is 19.4 Å². The summed E-state index contributed by atoms with van der Waals surface area (Å²) in [6.07, 6.45) is 1.08. The van der Waals surface area contributed by atoms with Gasteiger partial charge in [-0.05, 0) is 41.4 Å². The fourth-order valence-corrected chi connectivity index (χ4v) is 2.65. The zero-order valence-corrected chi connectivity index (χ0v) is 12.4. The highest BCUT2D eigenvalue weighted by atomic mass is 79.9. The average molecular weight is 313 g/mol. The Bertz CT molecular complexity index is 373. The maximum absolute atomic E-state index is 5.77. The van der Waals surface area contributed by atoms with Gasteiger partial charge in [0.1, 0.15) is 5.75 Å². The Labute approximate surface area is 118 Å². The van der Waals surface area contributed by atoms with Crippen LogP contribution in [0.2, 0.25) is 0 Å². The van der Waals surface area contributed by atoms with E-state index in [0.717, 1.165) is 49.4 Å². The maximum atomic E-state index is 5.77. The first-order valence-electron chi connectivity index (χ1n) is 6.59. The molecule has 1 fully saturated rings. The number of ether oxygens (including phenoxy) is 1. The number of nitrogens with zero attached hydrogens (tertiary/aromatic N) is 1. The van der Waals surface area contributed by atoms with Crippen LogP contribution in [-0.4, -0.2) is 43.7 Å². The number of nitrogens with one attached hydrogen (secondary N) is 1. The van der Waals surface area contributed by atoms with Crippen LogP contribution in [0.15, 0.2) is 28.7 Å². The van der Waals surface area contributed by atoms with Gasteiger partial charge in [0.05, 0.1) is 11.1 Å². The SMILES string of the molecule is C[C@@H]1CN(CCCOc2ccccc2Br)CCN1. The highest BCUT2D eigenvalue weighted by Crippen LogP contribution is 2.23. The first-order chi connectivity index (χ1) is 8.75. The van der Waals surface area contributed by atoms with Crippen LogP contribution in [0.3, 0.4) is 0 Å². The van der Waals surface area contributed by atoms with Crippen molar-refractivity contribution in [3.63, 3.8) is 0 Å². The first kappa shape index (κ1) is 13.8. The normalized spacial score (nSPS) is 20.9. The summed E-state index contributed by atoms with van der Waals surface area (Å²) in [5, 5.41) is 3.46. The molecule has 0 aliphatic carbocycles. The molecule has 0 bridgehead atoms. The van der Waals surface area contributed by atoms with E-state index in [-0.39, 0.29) is 0 Å². The van der Waals surface area contributed by atoms with Gasteiger partial charge in [0.15, 0.2) is 0 Å². The fraction of sp³-hybridized carbons (Fsp3) is 0.571. The molecule has 3 nitrogen and oxygen atoms in total. The van der Waals surface area contributed by atoms with Gasteiger partial charge >= 0.3 is 0 Å². The highest BCUT2D eigenvalue weighted by Gasteiger charge is 2.14. The van der Waals surface area contributed by atoms with E-state index in [1.165, 1.54) is 0 Å². The molecule has 1 aliphatic rings. The minimum Gasteiger partial charge on any atom is -0.492 e. The number of piperazine rings is 1. The van der Waals surface area contributed by atoms with Gasteiger partial charge in [-0.3, -0.25) is 0 Å². The van der Waals surface area contributed by atoms with Crippen molar-refractivity contribution < 1.29 is 4.74 Å². The van der Waals surface area contributed by atoms with Crippen LogP contribution in [0.1, 0.15) is 13.3 Å². The summed E-state index contributed by atoms with van der Waals surface area (Å²) >= 11 is 3.49. The van der Waals surface area contributed by atoms with E-state index in [1.807, 2.05) is 24.3 Å². The van der Waals surface area contributed by atoms with E-state index in [4.69, 9.17) is 4.74 Å². The van der Waals surface area contributed by atoms with Crippen LogP contribution in [-0.2, 0) is 0 Å². The van der Waals surface area contributed by atoms with E-state index in [2.05, 4.69) is 33.1 Å². The molecule has 1 saturated heterocycles. The van der Waals surface area contributed by atoms with E-state index in [1.54, 1.807) is 0 Å². The third-order valence-electron chi connectivity index (χ3n) is 3.17. The zero-order chi connectivity index (χ0) is 12.8. The Morgan fingerprint density at radius 1 is 1.44 bits per heavy atom. The molecule has 2 rings (SSSR count). The van der Waals surface area contributed by atoms with Crippen LogP contribution in [0.5, 0.6) is 5.75 Å². The second-order valence-electron chi connectivity index (χ2n) is 4.79. The smallest absolute Gasteiger partial charge is 0.133 e. The summed E-state index contributed by atoms with van der Waals surface area (Å²) in [6, 6.07) is 8.62. The number of rotatable bonds is 5. The molecular formula is C14H21BrN2O. The summed E-state index contributed by atoms with van der Waals surface area (Å²) in [6.45, 7) is 7.54. The Kier molecular flexibility index (Phi) is 5.47. The molecule has 18 heavy (non-hydrogen) atoms. The monoisotopic (exact) mass is 312 g/mol. The minimum atomic E-state index is 0.614. The molecule has 0 aromatic heterocycles. The molecule has 1 atom stereocenters. The van der Waals surface area contributed by atoms with Gasteiger partial charge in [-0.25, -0.2) is 0 Å². The molecule has 1 aromatic carbocycles. The summed E-state index contributed by atoms with van der Waals surface area (Å²) in [5.41, 5.74) is 0. The molecular weight excluding hydrogens is 292 g/mol. The number of hydrogen-bond acceptors (Lipinski definition) is 3. The molecule has 0 unspecified atom stereocenters. The van der Waals surface area contributed by atoms with Gasteiger partial charge in [0.25, 0.3) is 0 Å². The standard InChI is InChI=1S/C14H21BrN2O/c1-12-11-17(9-7-16-12)8-4-10-18-14-6-3-2-5-13(14)15/h2-3,5-6,12,16H,4,7-11H2,1H3/t12-/m1/s1. The van der Waals surface area contributed by atoms with Gasteiger partial charge in [0, 0.05) is 32.2 Å². The van der Waals surface area contributed by atoms with E-state index >= 15 is 0 Å².